The molecule has 62 valence electrons. The van der Waals surface area contributed by atoms with Crippen molar-refractivity contribution in [2.75, 3.05) is 7.11 Å². The van der Waals surface area contributed by atoms with Crippen molar-refractivity contribution in [1.29, 1.82) is 0 Å². The largest absolute Gasteiger partial charge is 0.466 e. The van der Waals surface area contributed by atoms with Gasteiger partial charge in [0.05, 0.1) is 7.11 Å². The van der Waals surface area contributed by atoms with Crippen LogP contribution in [0.15, 0.2) is 6.33 Å². The first kappa shape index (κ1) is 8.04. The van der Waals surface area contributed by atoms with E-state index >= 15 is 0 Å². The van der Waals surface area contributed by atoms with Gasteiger partial charge in [0, 0.05) is 6.54 Å². The van der Waals surface area contributed by atoms with Gasteiger partial charge in [-0.25, -0.2) is 4.68 Å². The first-order valence-electron chi connectivity index (χ1n) is 3.80. The lowest BCUT2D eigenvalue weighted by Crippen LogP contribution is -1.98. The van der Waals surface area contributed by atoms with E-state index in [9.17, 15) is 0 Å². The Morgan fingerprint density at radius 3 is 3.00 bits per heavy atom. The molecule has 0 aliphatic heterocycles. The van der Waals surface area contributed by atoms with E-state index in [1.54, 1.807) is 18.1 Å². The molecule has 1 aromatic heterocycles. The van der Waals surface area contributed by atoms with Gasteiger partial charge in [-0.1, -0.05) is 13.3 Å². The van der Waals surface area contributed by atoms with E-state index in [4.69, 9.17) is 4.74 Å². The molecule has 0 amide bonds. The molecule has 0 atom stereocenters. The summed E-state index contributed by atoms with van der Waals surface area (Å²) < 4.78 is 6.63. The molecule has 4 heteroatoms. The number of hydrogen-bond donors (Lipinski definition) is 0. The van der Waals surface area contributed by atoms with Gasteiger partial charge in [0.1, 0.15) is 6.33 Å². The maximum absolute atomic E-state index is 4.83. The van der Waals surface area contributed by atoms with Crippen molar-refractivity contribution in [2.45, 2.75) is 26.3 Å². The maximum atomic E-state index is 4.83. The quantitative estimate of drug-likeness (QED) is 0.653. The average Bonchev–Trinajstić information content (AvgIpc) is 2.48. The fourth-order valence-corrected chi connectivity index (χ4v) is 0.799. The van der Waals surface area contributed by atoms with Crippen molar-refractivity contribution in [1.82, 2.24) is 14.8 Å². The van der Waals surface area contributed by atoms with Crippen molar-refractivity contribution in [2.24, 2.45) is 0 Å². The predicted molar refractivity (Wildman–Crippen MR) is 41.5 cm³/mol. The highest BCUT2D eigenvalue weighted by Crippen LogP contribution is 1.99. The van der Waals surface area contributed by atoms with Crippen LogP contribution in [0.5, 0.6) is 6.01 Å². The topological polar surface area (TPSA) is 39.9 Å². The number of hydrogen-bond acceptors (Lipinski definition) is 3. The minimum atomic E-state index is 0.445. The molecule has 4 nitrogen and oxygen atoms in total. The monoisotopic (exact) mass is 155 g/mol. The minimum absolute atomic E-state index is 0.445. The molecule has 1 aromatic rings. The number of methoxy groups -OCH3 is 1. The Balaban J connectivity index is 2.44. The third kappa shape index (κ3) is 2.22. The van der Waals surface area contributed by atoms with E-state index in [-0.39, 0.29) is 0 Å². The summed E-state index contributed by atoms with van der Waals surface area (Å²) in [6.07, 6.45) is 3.99. The molecule has 1 heterocycles. The van der Waals surface area contributed by atoms with Crippen LogP contribution in [0.1, 0.15) is 19.8 Å². The van der Waals surface area contributed by atoms with Crippen LogP contribution in [0.3, 0.4) is 0 Å². The van der Waals surface area contributed by atoms with E-state index in [2.05, 4.69) is 17.0 Å². The smallest absolute Gasteiger partial charge is 0.335 e. The van der Waals surface area contributed by atoms with Gasteiger partial charge in [0.15, 0.2) is 0 Å². The van der Waals surface area contributed by atoms with E-state index in [0.717, 1.165) is 13.0 Å². The summed E-state index contributed by atoms with van der Waals surface area (Å²) in [4.78, 5) is 3.92. The molecule has 0 saturated heterocycles. The molecule has 11 heavy (non-hydrogen) atoms. The first-order chi connectivity index (χ1) is 5.36. The van der Waals surface area contributed by atoms with Gasteiger partial charge >= 0.3 is 6.01 Å². The van der Waals surface area contributed by atoms with Gasteiger partial charge in [-0.3, -0.25) is 0 Å². The third-order valence-corrected chi connectivity index (χ3v) is 1.44. The second kappa shape index (κ2) is 3.95. The van der Waals surface area contributed by atoms with Crippen molar-refractivity contribution in [3.63, 3.8) is 0 Å². The van der Waals surface area contributed by atoms with Gasteiger partial charge in [-0.2, -0.15) is 4.98 Å². The molecule has 0 radical (unpaired) electrons. The lowest BCUT2D eigenvalue weighted by Gasteiger charge is -1.95. The molecular weight excluding hydrogens is 142 g/mol. The Bertz CT molecular complexity index is 209. The highest BCUT2D eigenvalue weighted by Gasteiger charge is 1.97. The summed E-state index contributed by atoms with van der Waals surface area (Å²) in [5.74, 6) is 0. The van der Waals surface area contributed by atoms with Crippen LogP contribution in [-0.4, -0.2) is 21.9 Å². The molecule has 0 saturated carbocycles. The molecule has 0 aliphatic rings. The van der Waals surface area contributed by atoms with Crippen LogP contribution in [-0.2, 0) is 6.54 Å². The van der Waals surface area contributed by atoms with E-state index in [1.807, 2.05) is 0 Å². The summed E-state index contributed by atoms with van der Waals surface area (Å²) in [5.41, 5.74) is 0. The second-order valence-electron chi connectivity index (χ2n) is 2.35. The number of unbranched alkanes of at least 4 members (excludes halogenated alkanes) is 1. The number of rotatable bonds is 4. The van der Waals surface area contributed by atoms with Gasteiger partial charge in [-0.05, 0) is 6.42 Å². The minimum Gasteiger partial charge on any atom is -0.466 e. The zero-order valence-corrected chi connectivity index (χ0v) is 6.95. The predicted octanol–water partition coefficient (Wildman–Crippen LogP) is 1.09. The molecule has 0 spiro atoms. The SMILES string of the molecule is CCCCn1cnc(OC)n1. The van der Waals surface area contributed by atoms with E-state index < -0.39 is 0 Å². The van der Waals surface area contributed by atoms with E-state index in [1.165, 1.54) is 6.42 Å². The molecule has 1 rings (SSSR count). The fraction of sp³-hybridized carbons (Fsp3) is 0.714. The fourth-order valence-electron chi connectivity index (χ4n) is 0.799. The molecule has 0 fully saturated rings. The third-order valence-electron chi connectivity index (χ3n) is 1.44. The first-order valence-corrected chi connectivity index (χ1v) is 3.80. The van der Waals surface area contributed by atoms with Crippen LogP contribution in [0.25, 0.3) is 0 Å². The van der Waals surface area contributed by atoms with Crippen molar-refractivity contribution in [3.8, 4) is 6.01 Å². The lowest BCUT2D eigenvalue weighted by atomic mass is 10.3. The highest BCUT2D eigenvalue weighted by atomic mass is 16.5. The van der Waals surface area contributed by atoms with Crippen molar-refractivity contribution >= 4 is 0 Å². The Morgan fingerprint density at radius 1 is 1.64 bits per heavy atom. The lowest BCUT2D eigenvalue weighted by molar-refractivity contribution is 0.374. The van der Waals surface area contributed by atoms with Gasteiger partial charge in [0.2, 0.25) is 0 Å². The summed E-state index contributed by atoms with van der Waals surface area (Å²) in [6.45, 7) is 3.07. The molecule has 0 aromatic carbocycles. The number of aromatic nitrogens is 3. The molecule has 0 bridgehead atoms. The van der Waals surface area contributed by atoms with Crippen molar-refractivity contribution in [3.05, 3.63) is 6.33 Å². The zero-order chi connectivity index (χ0) is 8.10. The summed E-state index contributed by atoms with van der Waals surface area (Å²) in [5, 5.41) is 4.05. The summed E-state index contributed by atoms with van der Waals surface area (Å²) >= 11 is 0. The average molecular weight is 155 g/mol. The Hall–Kier alpha value is -1.06. The number of nitrogens with zero attached hydrogens (tertiary/aromatic N) is 3. The second-order valence-corrected chi connectivity index (χ2v) is 2.35. The van der Waals surface area contributed by atoms with Crippen LogP contribution in [0, 0.1) is 0 Å². The molecule has 0 N–H and O–H groups in total. The highest BCUT2D eigenvalue weighted by molar-refractivity contribution is 4.86. The Labute approximate surface area is 66.2 Å². The van der Waals surface area contributed by atoms with Gasteiger partial charge < -0.3 is 4.74 Å². The van der Waals surface area contributed by atoms with Crippen LogP contribution in [0.4, 0.5) is 0 Å². The summed E-state index contributed by atoms with van der Waals surface area (Å²) in [7, 11) is 1.57. The van der Waals surface area contributed by atoms with Gasteiger partial charge in [0.25, 0.3) is 0 Å². The van der Waals surface area contributed by atoms with E-state index in [0.29, 0.717) is 6.01 Å². The zero-order valence-electron chi connectivity index (χ0n) is 6.95. The van der Waals surface area contributed by atoms with Crippen LogP contribution >= 0.6 is 0 Å². The van der Waals surface area contributed by atoms with Gasteiger partial charge in [-0.15, -0.1) is 5.10 Å². The molecule has 0 aliphatic carbocycles. The van der Waals surface area contributed by atoms with Crippen LogP contribution in [0.2, 0.25) is 0 Å². The molecule has 0 unspecified atom stereocenters. The van der Waals surface area contributed by atoms with Crippen molar-refractivity contribution < 1.29 is 4.74 Å². The standard InChI is InChI=1S/C7H13N3O/c1-3-4-5-10-6-8-7(9-10)11-2/h6H,3-5H2,1-2H3. The Kier molecular flexibility index (Phi) is 2.89. The Morgan fingerprint density at radius 2 is 2.45 bits per heavy atom. The number of aryl methyl sites for hydroxylation is 1. The molecular formula is C7H13N3O. The summed E-state index contributed by atoms with van der Waals surface area (Å²) in [6, 6.07) is 0.445. The maximum Gasteiger partial charge on any atom is 0.335 e. The normalized spacial score (nSPS) is 10.0. The number of ether oxygens (including phenoxy) is 1. The van der Waals surface area contributed by atoms with Crippen LogP contribution < -0.4 is 4.74 Å².